The number of nitrogens with one attached hydrogen (secondary N) is 3. The number of alkyl halides is 2. The summed E-state index contributed by atoms with van der Waals surface area (Å²) in [5.74, 6) is -5.47. The highest BCUT2D eigenvalue weighted by molar-refractivity contribution is 5.62. The van der Waals surface area contributed by atoms with E-state index in [1.807, 2.05) is 4.98 Å². The zero-order valence-corrected chi connectivity index (χ0v) is 17.0. The molecule has 1 aromatic carbocycles. The molecule has 0 spiro atoms. The van der Waals surface area contributed by atoms with Crippen molar-refractivity contribution in [3.63, 3.8) is 0 Å². The summed E-state index contributed by atoms with van der Waals surface area (Å²) >= 11 is 0. The van der Waals surface area contributed by atoms with Gasteiger partial charge in [-0.3, -0.25) is 14.6 Å². The van der Waals surface area contributed by atoms with Crippen LogP contribution in [-0.4, -0.2) is 45.3 Å². The number of halogens is 4. The Morgan fingerprint density at radius 2 is 1.94 bits per heavy atom. The summed E-state index contributed by atoms with van der Waals surface area (Å²) in [6.45, 7) is -2.12. The summed E-state index contributed by atoms with van der Waals surface area (Å²) in [7, 11) is 0. The smallest absolute Gasteiger partial charge is 0.325 e. The molecule has 0 saturated carbocycles. The number of benzene rings is 1. The van der Waals surface area contributed by atoms with Crippen molar-refractivity contribution in [1.29, 1.82) is 5.26 Å². The molecule has 1 aliphatic rings. The van der Waals surface area contributed by atoms with Gasteiger partial charge in [0.1, 0.15) is 29.5 Å². The van der Waals surface area contributed by atoms with Gasteiger partial charge in [0.25, 0.3) is 17.0 Å². The van der Waals surface area contributed by atoms with Gasteiger partial charge < -0.3 is 14.6 Å². The third kappa shape index (κ3) is 4.33. The first-order valence-corrected chi connectivity index (χ1v) is 9.63. The van der Waals surface area contributed by atoms with Crippen LogP contribution in [0.25, 0.3) is 11.3 Å². The fourth-order valence-corrected chi connectivity index (χ4v) is 3.46. The Balaban J connectivity index is 1.57. The molecule has 14 heteroatoms. The average Bonchev–Trinajstić information content (AvgIpc) is 3.08. The van der Waals surface area contributed by atoms with E-state index < -0.39 is 65.7 Å². The van der Waals surface area contributed by atoms with Crippen LogP contribution in [0.5, 0.6) is 0 Å². The molecular weight excluding hydrogens is 464 g/mol. The molecule has 0 radical (unpaired) electrons. The lowest BCUT2D eigenvalue weighted by atomic mass is 10.1. The molecule has 3 aromatic rings. The van der Waals surface area contributed by atoms with Crippen molar-refractivity contribution in [3.05, 3.63) is 78.3 Å². The quantitative estimate of drug-likeness (QED) is 0.464. The summed E-state index contributed by atoms with van der Waals surface area (Å²) in [5.41, 5.74) is -3.72. The highest BCUT2D eigenvalue weighted by Gasteiger charge is 2.49. The van der Waals surface area contributed by atoms with E-state index in [1.54, 1.807) is 0 Å². The molecule has 0 amide bonds. The van der Waals surface area contributed by atoms with E-state index in [0.29, 0.717) is 12.1 Å². The zero-order valence-electron chi connectivity index (χ0n) is 17.0. The SMILES string of the molecule is N#Cc1cc(F)c(COC2CN(c3cc(-c4c[nH]c(=O)[nH]c4=O)n[nH]c3=O)CC2(F)F)cc1F. The molecule has 10 nitrogen and oxygen atoms in total. The molecule has 4 rings (SSSR count). The third-order valence-corrected chi connectivity index (χ3v) is 5.18. The van der Waals surface area contributed by atoms with Gasteiger partial charge in [-0.15, -0.1) is 0 Å². The maximum atomic E-state index is 14.6. The topological polar surface area (TPSA) is 148 Å². The van der Waals surface area contributed by atoms with Crippen LogP contribution >= 0.6 is 0 Å². The molecule has 0 bridgehead atoms. The Bertz CT molecular complexity index is 1480. The number of ether oxygens (including phenoxy) is 1. The fourth-order valence-electron chi connectivity index (χ4n) is 3.46. The molecule has 1 atom stereocenters. The van der Waals surface area contributed by atoms with E-state index >= 15 is 0 Å². The van der Waals surface area contributed by atoms with Crippen molar-refractivity contribution >= 4 is 5.69 Å². The number of anilines is 1. The average molecular weight is 478 g/mol. The standard InChI is InChI=1S/C20H14F4N6O4/c21-12-2-10(13(22)1-9(12)4-25)7-34-16-6-30(8-20(16,23)24)15-3-14(28-29-18(15)32)11-5-26-19(33)27-17(11)31/h1-3,5,16H,6-8H2,(H,29,32)(H2,26,27,31,33). The number of hydrogen-bond donors (Lipinski definition) is 3. The predicted molar refractivity (Wildman–Crippen MR) is 108 cm³/mol. The largest absolute Gasteiger partial charge is 0.365 e. The minimum Gasteiger partial charge on any atom is -0.365 e. The van der Waals surface area contributed by atoms with Crippen LogP contribution in [0, 0.1) is 23.0 Å². The monoisotopic (exact) mass is 478 g/mol. The number of rotatable bonds is 5. The number of hydrogen-bond acceptors (Lipinski definition) is 7. The van der Waals surface area contributed by atoms with Crippen molar-refractivity contribution in [2.45, 2.75) is 18.6 Å². The summed E-state index contributed by atoms with van der Waals surface area (Å²) < 4.78 is 62.2. The Morgan fingerprint density at radius 1 is 1.18 bits per heavy atom. The molecule has 3 N–H and O–H groups in total. The highest BCUT2D eigenvalue weighted by Crippen LogP contribution is 2.33. The highest BCUT2D eigenvalue weighted by atomic mass is 19.3. The second-order valence-electron chi connectivity index (χ2n) is 7.43. The summed E-state index contributed by atoms with van der Waals surface area (Å²) in [6.07, 6.45) is -0.723. The van der Waals surface area contributed by atoms with Gasteiger partial charge in [0.15, 0.2) is 0 Å². The molecule has 2 aromatic heterocycles. The fraction of sp³-hybridized carbons (Fsp3) is 0.250. The molecule has 1 saturated heterocycles. The number of H-pyrrole nitrogens is 3. The van der Waals surface area contributed by atoms with Gasteiger partial charge in [-0.25, -0.2) is 27.5 Å². The van der Waals surface area contributed by atoms with E-state index in [9.17, 15) is 31.9 Å². The minimum atomic E-state index is -3.47. The first kappa shape index (κ1) is 22.9. The molecule has 1 unspecified atom stereocenters. The van der Waals surface area contributed by atoms with E-state index in [1.165, 1.54) is 6.07 Å². The van der Waals surface area contributed by atoms with Crippen molar-refractivity contribution in [3.8, 4) is 17.3 Å². The van der Waals surface area contributed by atoms with E-state index in [2.05, 4.69) is 15.2 Å². The molecule has 176 valence electrons. The van der Waals surface area contributed by atoms with Gasteiger partial charge in [0.2, 0.25) is 0 Å². The van der Waals surface area contributed by atoms with E-state index in [4.69, 9.17) is 10.00 Å². The van der Waals surface area contributed by atoms with E-state index in [-0.39, 0.29) is 22.5 Å². The van der Waals surface area contributed by atoms with Crippen molar-refractivity contribution in [1.82, 2.24) is 20.2 Å². The van der Waals surface area contributed by atoms with E-state index in [0.717, 1.165) is 17.2 Å². The maximum absolute atomic E-state index is 14.6. The lowest BCUT2D eigenvalue weighted by Gasteiger charge is -2.18. The third-order valence-electron chi connectivity index (χ3n) is 5.18. The van der Waals surface area contributed by atoms with Crippen LogP contribution in [-0.2, 0) is 11.3 Å². The normalized spacial score (nSPS) is 17.0. The zero-order chi connectivity index (χ0) is 24.6. The molecule has 3 heterocycles. The second kappa shape index (κ2) is 8.60. The lowest BCUT2D eigenvalue weighted by molar-refractivity contribution is -0.110. The Morgan fingerprint density at radius 3 is 2.65 bits per heavy atom. The lowest BCUT2D eigenvalue weighted by Crippen LogP contribution is -2.34. The summed E-state index contributed by atoms with van der Waals surface area (Å²) in [5, 5.41) is 14.5. The van der Waals surface area contributed by atoms with Gasteiger partial charge in [0.05, 0.1) is 36.5 Å². The molecule has 1 aliphatic heterocycles. The first-order chi connectivity index (χ1) is 16.1. The Hall–Kier alpha value is -4.25. The van der Waals surface area contributed by atoms with Crippen molar-refractivity contribution < 1.29 is 22.3 Å². The first-order valence-electron chi connectivity index (χ1n) is 9.63. The molecule has 34 heavy (non-hydrogen) atoms. The number of aromatic nitrogens is 4. The van der Waals surface area contributed by atoms with Crippen LogP contribution in [0.4, 0.5) is 23.2 Å². The number of aromatic amines is 3. The van der Waals surface area contributed by atoms with Gasteiger partial charge in [-0.1, -0.05) is 0 Å². The van der Waals surface area contributed by atoms with Crippen molar-refractivity contribution in [2.24, 2.45) is 0 Å². The Labute approximate surface area is 186 Å². The number of nitrogens with zero attached hydrogens (tertiary/aromatic N) is 3. The Kier molecular flexibility index (Phi) is 5.80. The van der Waals surface area contributed by atoms with Crippen LogP contribution < -0.4 is 21.7 Å². The van der Waals surface area contributed by atoms with Gasteiger partial charge in [0, 0.05) is 11.8 Å². The van der Waals surface area contributed by atoms with Crippen LogP contribution in [0.2, 0.25) is 0 Å². The summed E-state index contributed by atoms with van der Waals surface area (Å²) in [6, 6.07) is 3.91. The number of nitriles is 1. The maximum Gasteiger partial charge on any atom is 0.325 e. The molecule has 0 aliphatic carbocycles. The summed E-state index contributed by atoms with van der Waals surface area (Å²) in [4.78, 5) is 40.7. The van der Waals surface area contributed by atoms with Crippen LogP contribution in [0.1, 0.15) is 11.1 Å². The minimum absolute atomic E-state index is 0.0880. The van der Waals surface area contributed by atoms with Crippen molar-refractivity contribution in [2.75, 3.05) is 18.0 Å². The van der Waals surface area contributed by atoms with Gasteiger partial charge in [-0.05, 0) is 18.2 Å². The second-order valence-corrected chi connectivity index (χ2v) is 7.43. The van der Waals surface area contributed by atoms with Crippen LogP contribution in [0.3, 0.4) is 0 Å². The molecule has 1 fully saturated rings. The van der Waals surface area contributed by atoms with Gasteiger partial charge in [-0.2, -0.15) is 10.4 Å². The predicted octanol–water partition coefficient (Wildman–Crippen LogP) is 1.00. The van der Waals surface area contributed by atoms with Crippen LogP contribution in [0.15, 0.2) is 38.8 Å². The molecular formula is C20H14F4N6O4. The van der Waals surface area contributed by atoms with Gasteiger partial charge >= 0.3 is 5.69 Å².